The van der Waals surface area contributed by atoms with Crippen molar-refractivity contribution in [1.82, 2.24) is 9.80 Å². The highest BCUT2D eigenvalue weighted by Gasteiger charge is 2.37. The molecule has 0 saturated carbocycles. The summed E-state index contributed by atoms with van der Waals surface area (Å²) in [5, 5.41) is 243. The molecule has 1 fully saturated rings. The maximum atomic E-state index is 11.2. The number of nitrogens with zero attached hydrogens (tertiary/aromatic N) is 2. The van der Waals surface area contributed by atoms with Crippen LogP contribution in [0.2, 0.25) is 0 Å². The number of aliphatic hydroxyl groups excluding tert-OH is 23. The van der Waals surface area contributed by atoms with Crippen LogP contribution in [0.25, 0.3) is 0 Å². The summed E-state index contributed by atoms with van der Waals surface area (Å²) in [5.41, 5.74) is 0. The fourth-order valence-corrected chi connectivity index (χ4v) is 6.64. The topological polar surface area (TPSA) is 527 Å². The van der Waals surface area contributed by atoms with E-state index in [4.69, 9.17) is 28.4 Å². The van der Waals surface area contributed by atoms with Crippen molar-refractivity contribution in [1.29, 1.82) is 0 Å². The number of piperazine rings is 1. The largest absolute Gasteiger partial charge is 0.506 e. The van der Waals surface area contributed by atoms with E-state index in [1.54, 1.807) is 0 Å². The Balaban J connectivity index is 2.88. The Labute approximate surface area is 410 Å². The van der Waals surface area contributed by atoms with Crippen molar-refractivity contribution in [3.05, 3.63) is 69.1 Å². The molecule has 31 heteroatoms. The van der Waals surface area contributed by atoms with E-state index in [0.717, 1.165) is 0 Å². The number of hydrogen-bond acceptors (Lipinski definition) is 31. The first-order chi connectivity index (χ1) is 33.9. The van der Waals surface area contributed by atoms with Gasteiger partial charge in [-0.2, -0.15) is 0 Å². The van der Waals surface area contributed by atoms with Crippen LogP contribution in [0.3, 0.4) is 0 Å². The van der Waals surface area contributed by atoms with Crippen LogP contribution in [-0.2, 0) is 28.4 Å². The molecule has 0 aromatic carbocycles. The van der Waals surface area contributed by atoms with Gasteiger partial charge in [0.1, 0.15) is 36.6 Å². The third kappa shape index (κ3) is 18.3. The van der Waals surface area contributed by atoms with Gasteiger partial charge in [-0.3, -0.25) is 0 Å². The van der Waals surface area contributed by atoms with E-state index in [0.29, 0.717) is 26.2 Å². The molecule has 0 radical (unpaired) electrons. The zero-order valence-electron chi connectivity index (χ0n) is 38.9. The number of likely N-dealkylation sites (N-methyl/N-ethyl adjacent to an activating group) is 1. The van der Waals surface area contributed by atoms with Crippen LogP contribution in [0.1, 0.15) is 38.5 Å². The van der Waals surface area contributed by atoms with Crippen LogP contribution >= 0.6 is 0 Å². The van der Waals surface area contributed by atoms with Crippen LogP contribution in [0, 0.1) is 0 Å². The number of hydrogen-bond donors (Lipinski definition) is 23. The van der Waals surface area contributed by atoms with E-state index in [-0.39, 0.29) is 6.54 Å². The third-order valence-corrected chi connectivity index (χ3v) is 10.8. The molecule has 2 aliphatic heterocycles. The average molecular weight is 1050 g/mol. The van der Waals surface area contributed by atoms with Gasteiger partial charge in [-0.15, -0.1) is 0 Å². The molecule has 23 N–H and O–H groups in total. The first-order valence-electron chi connectivity index (χ1n) is 22.1. The summed E-state index contributed by atoms with van der Waals surface area (Å²) in [7, 11) is 1.85. The van der Waals surface area contributed by atoms with E-state index in [2.05, 4.69) is 0 Å². The van der Waals surface area contributed by atoms with Gasteiger partial charge < -0.3 is 156 Å². The van der Waals surface area contributed by atoms with E-state index in [1.807, 2.05) is 16.8 Å². The van der Waals surface area contributed by atoms with Crippen molar-refractivity contribution < 1.29 is 146 Å². The second-order valence-corrected chi connectivity index (χ2v) is 16.0. The van der Waals surface area contributed by atoms with E-state index >= 15 is 0 Å². The lowest BCUT2D eigenvalue weighted by atomic mass is 10.1. The normalized spacial score (nSPS) is 36.7. The van der Waals surface area contributed by atoms with E-state index < -0.39 is 215 Å². The highest BCUT2D eigenvalue weighted by atomic mass is 16.7. The van der Waals surface area contributed by atoms with Gasteiger partial charge in [-0.25, -0.2) is 0 Å². The van der Waals surface area contributed by atoms with E-state index in [9.17, 15) is 117 Å². The molecule has 12 atom stereocenters. The van der Waals surface area contributed by atoms with Crippen molar-refractivity contribution in [2.75, 3.05) is 72.8 Å². The molecule has 31 nitrogen and oxygen atoms in total. The summed E-state index contributed by atoms with van der Waals surface area (Å²) in [6.45, 7) is -2.57. The van der Waals surface area contributed by atoms with Gasteiger partial charge in [-0.1, -0.05) is 0 Å². The number of aliphatic hydroxyl groups is 23. The van der Waals surface area contributed by atoms with Crippen LogP contribution in [-0.4, -0.2) is 274 Å². The summed E-state index contributed by atoms with van der Waals surface area (Å²) in [5.74, 6) is -18.2. The fraction of sp³-hybridized carbons (Fsp3) is 0.707. The lowest BCUT2D eigenvalue weighted by molar-refractivity contribution is -0.162. The molecule has 0 spiro atoms. The molecule has 12 unspecified atom stereocenters. The lowest BCUT2D eigenvalue weighted by Crippen LogP contribution is -2.45. The number of rotatable bonds is 13. The van der Waals surface area contributed by atoms with Gasteiger partial charge in [0, 0.05) is 97.9 Å². The highest BCUT2D eigenvalue weighted by molar-refractivity contribution is 5.15. The Kier molecular flexibility index (Phi) is 27.4. The molecule has 0 aromatic rings. The van der Waals surface area contributed by atoms with Gasteiger partial charge in [0.25, 0.3) is 0 Å². The molecule has 2 heterocycles. The van der Waals surface area contributed by atoms with Gasteiger partial charge in [0.2, 0.25) is 37.7 Å². The Morgan fingerprint density at radius 1 is 0.306 bits per heavy atom. The predicted octanol–water partition coefficient (Wildman–Crippen LogP) is -3.26. The Bertz CT molecular complexity index is 1840. The molecular formula is C41H70N2O29. The van der Waals surface area contributed by atoms with Crippen molar-refractivity contribution in [3.8, 4) is 0 Å². The minimum atomic E-state index is -2.80. The van der Waals surface area contributed by atoms with Crippen molar-refractivity contribution in [2.24, 2.45) is 0 Å². The predicted molar refractivity (Wildman–Crippen MR) is 236 cm³/mol. The first-order valence-corrected chi connectivity index (χ1v) is 22.1. The average Bonchev–Trinajstić information content (AvgIpc) is 3.36. The summed E-state index contributed by atoms with van der Waals surface area (Å²) >= 11 is 0. The van der Waals surface area contributed by atoms with Crippen LogP contribution in [0.4, 0.5) is 0 Å². The van der Waals surface area contributed by atoms with Gasteiger partial charge >= 0.3 is 0 Å². The Morgan fingerprint density at radius 2 is 0.486 bits per heavy atom. The van der Waals surface area contributed by atoms with Crippen molar-refractivity contribution in [2.45, 2.75) is 113 Å². The number of ether oxygens (including phenoxy) is 6. The monoisotopic (exact) mass is 1050 g/mol. The molecule has 0 amide bonds. The Morgan fingerprint density at radius 3 is 0.667 bits per heavy atom. The van der Waals surface area contributed by atoms with Gasteiger partial charge in [-0.05, 0) is 13.5 Å². The third-order valence-electron chi connectivity index (χ3n) is 10.8. The van der Waals surface area contributed by atoms with E-state index in [1.165, 1.54) is 0 Å². The van der Waals surface area contributed by atoms with Gasteiger partial charge in [0.05, 0.1) is 0 Å². The molecule has 0 aromatic heterocycles. The minimum absolute atomic E-state index is 0.0149. The molecule has 2 rings (SSSR count). The summed E-state index contributed by atoms with van der Waals surface area (Å²) < 4.78 is 30.8. The SMILES string of the molecule is CN1CCN(CCC2OC(O)/C(O)=C(\O)C(CCO)OC(O)/C(O)=C(\O)C(CCO)OC(O)/C(O)=C(\O)C(CCO)OC(O)/C(O)=C(\O)C(CCO)OC(O)/C(O)=C(/O)C(CCO)OC(O)C(O)=C2O)CC1. The van der Waals surface area contributed by atoms with Crippen LogP contribution in [0.5, 0.6) is 0 Å². The zero-order chi connectivity index (χ0) is 54.6. The molecule has 72 heavy (non-hydrogen) atoms. The second-order valence-electron chi connectivity index (χ2n) is 16.0. The molecule has 2 aliphatic rings. The fourth-order valence-electron chi connectivity index (χ4n) is 6.64. The quantitative estimate of drug-likeness (QED) is 0.0861. The molecule has 0 bridgehead atoms. The lowest BCUT2D eigenvalue weighted by Gasteiger charge is -2.33. The molecule has 418 valence electrons. The maximum absolute atomic E-state index is 11.2. The molecule has 1 saturated heterocycles. The zero-order valence-corrected chi connectivity index (χ0v) is 38.9. The standard InChI is InChI=1S/C41H70N2O29/c1-42-9-11-43(12-10-42)8-2-18-24(49)30(55)37(62)68-20(4-14-45)26(51)32(57)39(64)70-22(6-16-47)28(53)34(59)41(66)72-23(7-17-48)29(54)35(60)40(65)71-21(5-15-46)27(52)33(58)38(63)69-19(3-13-44)25(50)31(56)36(61)67-18/h18-23,36-41,44-66H,2-17H2,1H3/b30-24?,31-25+,32-26-,33-27+,34-28+,35-29+. The highest BCUT2D eigenvalue weighted by Crippen LogP contribution is 2.28. The van der Waals surface area contributed by atoms with Crippen LogP contribution in [0.15, 0.2) is 69.1 Å². The van der Waals surface area contributed by atoms with Crippen molar-refractivity contribution >= 4 is 0 Å². The van der Waals surface area contributed by atoms with Gasteiger partial charge in [0.15, 0.2) is 69.1 Å². The van der Waals surface area contributed by atoms with Crippen molar-refractivity contribution in [3.63, 3.8) is 0 Å². The second kappa shape index (κ2) is 31.1. The Hall–Kier alpha value is -4.72. The smallest absolute Gasteiger partial charge is 0.218 e. The maximum Gasteiger partial charge on any atom is 0.218 e. The molecular weight excluding hydrogens is 984 g/mol. The molecule has 0 aliphatic carbocycles. The summed E-state index contributed by atoms with van der Waals surface area (Å²) in [6.07, 6.45) is -33.7. The van der Waals surface area contributed by atoms with Crippen LogP contribution < -0.4 is 0 Å². The first kappa shape index (κ1) is 63.4. The summed E-state index contributed by atoms with van der Waals surface area (Å²) in [6, 6.07) is 0. The minimum Gasteiger partial charge on any atom is -0.506 e. The summed E-state index contributed by atoms with van der Waals surface area (Å²) in [4.78, 5) is 3.83.